The van der Waals surface area contributed by atoms with Crippen molar-refractivity contribution in [2.45, 2.75) is 23.2 Å². The molecule has 2 unspecified atom stereocenters. The van der Waals surface area contributed by atoms with E-state index in [1.165, 1.54) is 17.7 Å². The molecule has 0 aliphatic carbocycles. The van der Waals surface area contributed by atoms with Crippen molar-refractivity contribution in [2.24, 2.45) is 0 Å². The molecule has 1 aliphatic rings. The van der Waals surface area contributed by atoms with Crippen molar-refractivity contribution < 1.29 is 0 Å². The molecule has 70 valence electrons. The first kappa shape index (κ1) is 9.47. The van der Waals surface area contributed by atoms with E-state index in [4.69, 9.17) is 0 Å². The van der Waals surface area contributed by atoms with Crippen molar-refractivity contribution in [3.63, 3.8) is 0 Å². The van der Waals surface area contributed by atoms with Crippen molar-refractivity contribution in [2.75, 3.05) is 5.75 Å². The van der Waals surface area contributed by atoms with Gasteiger partial charge in [0.05, 0.1) is 4.58 Å². The highest BCUT2D eigenvalue weighted by atomic mass is 32.2. The van der Waals surface area contributed by atoms with E-state index in [1.54, 1.807) is 0 Å². The number of rotatable bonds is 1. The Morgan fingerprint density at radius 3 is 2.69 bits per heavy atom. The van der Waals surface area contributed by atoms with Crippen LogP contribution >= 0.6 is 23.5 Å². The number of hydrogen-bond acceptors (Lipinski definition) is 2. The molecular weight excluding hydrogens is 196 g/mol. The minimum atomic E-state index is 0.671. The van der Waals surface area contributed by atoms with Crippen LogP contribution in [0.5, 0.6) is 0 Å². The Hall–Kier alpha value is -0.0800. The predicted molar refractivity (Wildman–Crippen MR) is 63.3 cm³/mol. The lowest BCUT2D eigenvalue weighted by atomic mass is 10.2. The Balaban J connectivity index is 2.08. The van der Waals surface area contributed by atoms with Crippen molar-refractivity contribution in [1.82, 2.24) is 0 Å². The van der Waals surface area contributed by atoms with Gasteiger partial charge in [0.15, 0.2) is 0 Å². The summed E-state index contributed by atoms with van der Waals surface area (Å²) >= 11 is 4.19. The van der Waals surface area contributed by atoms with Crippen molar-refractivity contribution in [3.05, 3.63) is 35.9 Å². The fourth-order valence-electron chi connectivity index (χ4n) is 1.44. The number of hydrogen-bond donors (Lipinski definition) is 0. The Morgan fingerprint density at radius 1 is 1.23 bits per heavy atom. The van der Waals surface area contributed by atoms with Gasteiger partial charge in [0, 0.05) is 5.25 Å². The monoisotopic (exact) mass is 210 g/mol. The van der Waals surface area contributed by atoms with Crippen LogP contribution < -0.4 is 0 Å². The normalized spacial score (nSPS) is 28.7. The van der Waals surface area contributed by atoms with Crippen LogP contribution in [0.4, 0.5) is 0 Å². The molecule has 1 fully saturated rings. The minimum absolute atomic E-state index is 0.671. The molecule has 1 aliphatic heterocycles. The van der Waals surface area contributed by atoms with Crippen LogP contribution in [0.3, 0.4) is 0 Å². The molecule has 2 rings (SSSR count). The molecule has 0 radical (unpaired) electrons. The average Bonchev–Trinajstić information content (AvgIpc) is 2.19. The molecule has 0 bridgehead atoms. The second-order valence-electron chi connectivity index (χ2n) is 3.35. The molecule has 0 aromatic heterocycles. The van der Waals surface area contributed by atoms with Gasteiger partial charge >= 0.3 is 0 Å². The summed E-state index contributed by atoms with van der Waals surface area (Å²) < 4.78 is 0.671. The zero-order valence-corrected chi connectivity index (χ0v) is 9.41. The Labute approximate surface area is 88.5 Å². The smallest absolute Gasteiger partial charge is 0.0753 e. The average molecular weight is 210 g/mol. The maximum Gasteiger partial charge on any atom is 0.0753 e. The van der Waals surface area contributed by atoms with Gasteiger partial charge in [-0.05, 0) is 17.7 Å². The van der Waals surface area contributed by atoms with Gasteiger partial charge in [-0.25, -0.2) is 0 Å². The van der Waals surface area contributed by atoms with Crippen LogP contribution in [0.25, 0.3) is 0 Å². The molecule has 1 heterocycles. The van der Waals surface area contributed by atoms with Crippen molar-refractivity contribution in [3.8, 4) is 0 Å². The summed E-state index contributed by atoms with van der Waals surface area (Å²) in [6.07, 6.45) is 1.36. The topological polar surface area (TPSA) is 0 Å². The van der Waals surface area contributed by atoms with E-state index in [9.17, 15) is 0 Å². The lowest BCUT2D eigenvalue weighted by Crippen LogP contribution is -2.08. The summed E-state index contributed by atoms with van der Waals surface area (Å²) in [6, 6.07) is 10.8. The molecule has 0 nitrogen and oxygen atoms in total. The third kappa shape index (κ3) is 2.44. The van der Waals surface area contributed by atoms with E-state index < -0.39 is 0 Å². The van der Waals surface area contributed by atoms with Crippen molar-refractivity contribution >= 4 is 23.5 Å². The van der Waals surface area contributed by atoms with Crippen LogP contribution in [-0.4, -0.2) is 11.0 Å². The minimum Gasteiger partial charge on any atom is -0.143 e. The highest BCUT2D eigenvalue weighted by Crippen LogP contribution is 2.46. The van der Waals surface area contributed by atoms with E-state index in [0.29, 0.717) is 4.58 Å². The maximum atomic E-state index is 2.33. The third-order valence-electron chi connectivity index (χ3n) is 2.22. The third-order valence-corrected chi connectivity index (χ3v) is 5.23. The molecule has 0 amide bonds. The maximum absolute atomic E-state index is 2.33. The molecule has 1 aromatic carbocycles. The number of benzene rings is 1. The van der Waals surface area contributed by atoms with Crippen LogP contribution in [0.2, 0.25) is 0 Å². The molecule has 0 spiro atoms. The summed E-state index contributed by atoms with van der Waals surface area (Å²) in [4.78, 5) is 0. The van der Waals surface area contributed by atoms with E-state index >= 15 is 0 Å². The second kappa shape index (κ2) is 4.43. The summed E-state index contributed by atoms with van der Waals surface area (Å²) in [5, 5.41) is 0.825. The SMILES string of the molecule is CC1CCSC(c2ccccc2)S1. The van der Waals surface area contributed by atoms with Gasteiger partial charge in [-0.15, -0.1) is 23.5 Å². The summed E-state index contributed by atoms with van der Waals surface area (Å²) in [6.45, 7) is 2.33. The van der Waals surface area contributed by atoms with E-state index in [1.807, 2.05) is 0 Å². The van der Waals surface area contributed by atoms with E-state index in [0.717, 1.165) is 5.25 Å². The highest BCUT2D eigenvalue weighted by Gasteiger charge is 2.20. The first-order valence-corrected chi connectivity index (χ1v) is 6.67. The molecule has 1 aromatic rings. The van der Waals surface area contributed by atoms with Gasteiger partial charge in [-0.3, -0.25) is 0 Å². The fourth-order valence-corrected chi connectivity index (χ4v) is 4.81. The Bertz CT molecular complexity index is 258. The molecular formula is C11H14S2. The van der Waals surface area contributed by atoms with Gasteiger partial charge in [-0.1, -0.05) is 37.3 Å². The van der Waals surface area contributed by atoms with Crippen molar-refractivity contribution in [1.29, 1.82) is 0 Å². The molecule has 2 atom stereocenters. The Morgan fingerprint density at radius 2 is 2.00 bits per heavy atom. The van der Waals surface area contributed by atoms with Gasteiger partial charge in [0.2, 0.25) is 0 Å². The largest absolute Gasteiger partial charge is 0.143 e. The summed E-state index contributed by atoms with van der Waals surface area (Å²) in [7, 11) is 0. The summed E-state index contributed by atoms with van der Waals surface area (Å²) in [5.74, 6) is 1.31. The molecule has 0 N–H and O–H groups in total. The molecule has 2 heteroatoms. The highest BCUT2D eigenvalue weighted by molar-refractivity contribution is 8.17. The predicted octanol–water partition coefficient (Wildman–Crippen LogP) is 3.94. The summed E-state index contributed by atoms with van der Waals surface area (Å²) in [5.41, 5.74) is 1.48. The number of thioether (sulfide) groups is 2. The molecule has 1 saturated heterocycles. The molecule has 13 heavy (non-hydrogen) atoms. The first-order chi connectivity index (χ1) is 6.36. The lowest BCUT2D eigenvalue weighted by Gasteiger charge is -2.26. The van der Waals surface area contributed by atoms with Crippen LogP contribution in [0.15, 0.2) is 30.3 Å². The van der Waals surface area contributed by atoms with Crippen LogP contribution in [-0.2, 0) is 0 Å². The van der Waals surface area contributed by atoms with E-state index in [2.05, 4.69) is 60.8 Å². The second-order valence-corrected chi connectivity index (χ2v) is 6.41. The fraction of sp³-hybridized carbons (Fsp3) is 0.455. The van der Waals surface area contributed by atoms with Crippen LogP contribution in [0, 0.1) is 0 Å². The van der Waals surface area contributed by atoms with Gasteiger partial charge < -0.3 is 0 Å². The molecule has 0 saturated carbocycles. The van der Waals surface area contributed by atoms with E-state index in [-0.39, 0.29) is 0 Å². The van der Waals surface area contributed by atoms with Crippen LogP contribution in [0.1, 0.15) is 23.5 Å². The van der Waals surface area contributed by atoms with Gasteiger partial charge in [0.25, 0.3) is 0 Å². The lowest BCUT2D eigenvalue weighted by molar-refractivity contribution is 0.904. The Kier molecular flexibility index (Phi) is 3.23. The standard InChI is InChI=1S/C11H14S2/c1-9-7-8-12-11(13-9)10-5-3-2-4-6-10/h2-6,9,11H,7-8H2,1H3. The zero-order chi connectivity index (χ0) is 9.10. The zero-order valence-electron chi connectivity index (χ0n) is 7.77. The first-order valence-electron chi connectivity index (χ1n) is 4.68. The van der Waals surface area contributed by atoms with Gasteiger partial charge in [0.1, 0.15) is 0 Å². The van der Waals surface area contributed by atoms with Gasteiger partial charge in [-0.2, -0.15) is 0 Å². The quantitative estimate of drug-likeness (QED) is 0.688.